The summed E-state index contributed by atoms with van der Waals surface area (Å²) in [6.45, 7) is -5.98. The highest BCUT2D eigenvalue weighted by atomic mass is 15.0. The van der Waals surface area contributed by atoms with E-state index in [0.717, 1.165) is 11.2 Å². The van der Waals surface area contributed by atoms with E-state index in [1.807, 2.05) is 28.9 Å². The molecule has 0 radical (unpaired) electrons. The SMILES string of the molecule is N#CCc1ccn2ccnc2c1.[2H]C([2H])([2H])C(C#N)(c1ccn2ccnc2c1)C([2H])([2H])[2H]. The summed E-state index contributed by atoms with van der Waals surface area (Å²) in [5, 5.41) is 17.8. The van der Waals surface area contributed by atoms with Gasteiger partial charge in [-0.05, 0) is 49.1 Å². The third kappa shape index (κ3) is 3.55. The zero-order chi connectivity index (χ0) is 23.6. The van der Waals surface area contributed by atoms with Crippen molar-refractivity contribution in [3.8, 4) is 12.1 Å². The number of hydrogen-bond acceptors (Lipinski definition) is 4. The Hall–Kier alpha value is -3.64. The average Bonchev–Trinajstić information content (AvgIpc) is 3.35. The molecule has 0 spiro atoms. The molecule has 0 amide bonds. The van der Waals surface area contributed by atoms with Crippen molar-refractivity contribution >= 4 is 11.3 Å². The van der Waals surface area contributed by atoms with Crippen molar-refractivity contribution in [1.82, 2.24) is 18.8 Å². The van der Waals surface area contributed by atoms with Crippen LogP contribution in [0.4, 0.5) is 0 Å². The van der Waals surface area contributed by atoms with Crippen molar-refractivity contribution in [3.63, 3.8) is 0 Å². The number of nitriles is 2. The molecule has 0 saturated carbocycles. The molecular formula is C20H18N6. The third-order valence-electron chi connectivity index (χ3n) is 3.74. The van der Waals surface area contributed by atoms with Gasteiger partial charge in [-0.3, -0.25) is 0 Å². The molecule has 0 unspecified atom stereocenters. The Morgan fingerprint density at radius 3 is 2.27 bits per heavy atom. The normalized spacial score (nSPS) is 15.2. The van der Waals surface area contributed by atoms with Crippen LogP contribution < -0.4 is 0 Å². The largest absolute Gasteiger partial charge is 0.307 e. The minimum Gasteiger partial charge on any atom is -0.307 e. The summed E-state index contributed by atoms with van der Waals surface area (Å²) in [5.74, 6) is 0. The maximum atomic E-state index is 9.33. The van der Waals surface area contributed by atoms with E-state index < -0.39 is 19.1 Å². The lowest BCUT2D eigenvalue weighted by Crippen LogP contribution is -2.13. The molecule has 4 aromatic heterocycles. The fourth-order valence-corrected chi connectivity index (χ4v) is 2.36. The zero-order valence-corrected chi connectivity index (χ0v) is 13.7. The Kier molecular flexibility index (Phi) is 3.01. The molecule has 4 aromatic rings. The quantitative estimate of drug-likeness (QED) is 0.555. The van der Waals surface area contributed by atoms with Gasteiger partial charge in [0.1, 0.15) is 11.3 Å². The molecule has 6 nitrogen and oxygen atoms in total. The van der Waals surface area contributed by atoms with Crippen molar-refractivity contribution in [2.45, 2.75) is 25.5 Å². The van der Waals surface area contributed by atoms with E-state index in [2.05, 4.69) is 16.0 Å². The van der Waals surface area contributed by atoms with Crippen molar-refractivity contribution in [1.29, 1.82) is 10.5 Å². The van der Waals surface area contributed by atoms with E-state index >= 15 is 0 Å². The van der Waals surface area contributed by atoms with E-state index in [4.69, 9.17) is 13.5 Å². The summed E-state index contributed by atoms with van der Waals surface area (Å²) in [4.78, 5) is 8.09. The van der Waals surface area contributed by atoms with E-state index in [-0.39, 0.29) is 5.56 Å². The number of aromatic nitrogens is 4. The highest BCUT2D eigenvalue weighted by Crippen LogP contribution is 2.22. The number of pyridine rings is 2. The van der Waals surface area contributed by atoms with Gasteiger partial charge in [0.25, 0.3) is 0 Å². The van der Waals surface area contributed by atoms with Crippen molar-refractivity contribution in [2.24, 2.45) is 0 Å². The van der Waals surface area contributed by atoms with Gasteiger partial charge in [0.15, 0.2) is 0 Å². The Bertz CT molecular complexity index is 1300. The van der Waals surface area contributed by atoms with Gasteiger partial charge in [-0.15, -0.1) is 0 Å². The van der Waals surface area contributed by atoms with Crippen LogP contribution in [-0.2, 0) is 11.8 Å². The van der Waals surface area contributed by atoms with Crippen LogP contribution in [0.3, 0.4) is 0 Å². The molecule has 0 aromatic carbocycles. The number of rotatable bonds is 2. The molecule has 0 N–H and O–H groups in total. The highest BCUT2D eigenvalue weighted by molar-refractivity contribution is 5.45. The van der Waals surface area contributed by atoms with Gasteiger partial charge in [0.05, 0.1) is 24.0 Å². The van der Waals surface area contributed by atoms with Gasteiger partial charge in [-0.25, -0.2) is 9.97 Å². The lowest BCUT2D eigenvalue weighted by molar-refractivity contribution is 0.686. The van der Waals surface area contributed by atoms with E-state index in [1.54, 1.807) is 16.8 Å². The highest BCUT2D eigenvalue weighted by Gasteiger charge is 2.19. The fraction of sp³-hybridized carbons (Fsp3) is 0.200. The van der Waals surface area contributed by atoms with Gasteiger partial charge in [0.2, 0.25) is 0 Å². The van der Waals surface area contributed by atoms with Crippen LogP contribution in [0.1, 0.15) is 33.1 Å². The first-order valence-corrected chi connectivity index (χ1v) is 7.66. The van der Waals surface area contributed by atoms with Crippen molar-refractivity contribution < 1.29 is 8.22 Å². The summed E-state index contributed by atoms with van der Waals surface area (Å²) in [7, 11) is 0. The summed E-state index contributed by atoms with van der Waals surface area (Å²) >= 11 is 0. The second-order valence-corrected chi connectivity index (χ2v) is 5.53. The maximum Gasteiger partial charge on any atom is 0.136 e. The molecule has 4 heterocycles. The predicted molar refractivity (Wildman–Crippen MR) is 98.3 cm³/mol. The number of imidazole rings is 2. The minimum absolute atomic E-state index is 0.0845. The van der Waals surface area contributed by atoms with E-state index in [9.17, 15) is 5.26 Å². The molecule has 4 rings (SSSR count). The molecule has 0 aliphatic heterocycles. The van der Waals surface area contributed by atoms with Crippen molar-refractivity contribution in [2.75, 3.05) is 0 Å². The predicted octanol–water partition coefficient (Wildman–Crippen LogP) is 3.54. The molecular weight excluding hydrogens is 324 g/mol. The molecule has 0 atom stereocenters. The van der Waals surface area contributed by atoms with E-state index in [1.165, 1.54) is 30.6 Å². The van der Waals surface area contributed by atoms with Crippen LogP contribution in [0, 0.1) is 22.7 Å². The summed E-state index contributed by atoms with van der Waals surface area (Å²) < 4.78 is 48.7. The number of fused-ring (bicyclic) bond motifs is 2. The first-order chi connectivity index (χ1) is 15.0. The van der Waals surface area contributed by atoms with Crippen LogP contribution in [0.2, 0.25) is 0 Å². The lowest BCUT2D eigenvalue weighted by Gasteiger charge is -2.15. The molecule has 0 aliphatic carbocycles. The van der Waals surface area contributed by atoms with Crippen LogP contribution in [0.25, 0.3) is 11.3 Å². The third-order valence-corrected chi connectivity index (χ3v) is 3.74. The molecule has 128 valence electrons. The van der Waals surface area contributed by atoms with Gasteiger partial charge in [-0.1, -0.05) is 0 Å². The second-order valence-electron chi connectivity index (χ2n) is 5.53. The summed E-state index contributed by atoms with van der Waals surface area (Å²) in [6.07, 6.45) is 10.6. The average molecular weight is 348 g/mol. The smallest absolute Gasteiger partial charge is 0.136 e. The first-order valence-electron chi connectivity index (χ1n) is 10.7. The molecule has 0 aliphatic rings. The Balaban J connectivity index is 0.000000204. The molecule has 26 heavy (non-hydrogen) atoms. The van der Waals surface area contributed by atoms with Gasteiger partial charge >= 0.3 is 0 Å². The fourth-order valence-electron chi connectivity index (χ4n) is 2.36. The minimum atomic E-state index is -2.99. The van der Waals surface area contributed by atoms with Crippen molar-refractivity contribution in [3.05, 3.63) is 72.6 Å². The van der Waals surface area contributed by atoms with Gasteiger partial charge in [0, 0.05) is 45.4 Å². The Morgan fingerprint density at radius 2 is 1.65 bits per heavy atom. The topological polar surface area (TPSA) is 82.2 Å². The summed E-state index contributed by atoms with van der Waals surface area (Å²) in [5.41, 5.74) is -0.374. The van der Waals surface area contributed by atoms with Crippen LogP contribution in [-0.4, -0.2) is 18.8 Å². The monoisotopic (exact) mass is 348 g/mol. The summed E-state index contributed by atoms with van der Waals surface area (Å²) in [6, 6.07) is 10.1. The van der Waals surface area contributed by atoms with Gasteiger partial charge < -0.3 is 8.80 Å². The maximum absolute atomic E-state index is 9.33. The second kappa shape index (κ2) is 7.08. The van der Waals surface area contributed by atoms with Crippen LogP contribution in [0.15, 0.2) is 61.4 Å². The molecule has 0 fully saturated rings. The molecule has 6 heteroatoms. The number of nitrogens with zero attached hydrogens (tertiary/aromatic N) is 6. The zero-order valence-electron chi connectivity index (χ0n) is 19.7. The Morgan fingerprint density at radius 1 is 1.00 bits per heavy atom. The lowest BCUT2D eigenvalue weighted by atomic mass is 9.87. The van der Waals surface area contributed by atoms with Crippen LogP contribution >= 0.6 is 0 Å². The van der Waals surface area contributed by atoms with E-state index in [0.29, 0.717) is 12.1 Å². The Labute approximate surface area is 160 Å². The standard InChI is InChI=1S/C11H11N3.C9H7N3/c1-11(2,8-12)9-3-5-14-6-4-13-10(14)7-9;10-3-1-8-2-5-12-6-4-11-9(12)7-8/h3-7H,1-2H3;2,4-7H,1H2/i1D3,2D3;. The first kappa shape index (κ1) is 11.1. The van der Waals surface area contributed by atoms with Crippen LogP contribution in [0.5, 0.6) is 0 Å². The number of hydrogen-bond donors (Lipinski definition) is 0. The molecule has 0 bridgehead atoms. The van der Waals surface area contributed by atoms with Gasteiger partial charge in [-0.2, -0.15) is 10.5 Å². The molecule has 0 saturated heterocycles.